The maximum Gasteiger partial charge on any atom is 0.193 e. The largest absolute Gasteiger partial charge is 0.336 e. The van der Waals surface area contributed by atoms with Crippen LogP contribution in [-0.4, -0.2) is 41.1 Å². The van der Waals surface area contributed by atoms with Gasteiger partial charge in [0.2, 0.25) is 0 Å². The number of hydrogen-bond acceptors (Lipinski definition) is 6. The minimum Gasteiger partial charge on any atom is -0.336 e. The molecule has 4 aromatic heterocycles. The van der Waals surface area contributed by atoms with Crippen molar-refractivity contribution in [2.75, 3.05) is 11.4 Å². The van der Waals surface area contributed by atoms with Gasteiger partial charge in [-0.15, -0.1) is 4.80 Å². The number of rotatable bonds is 3. The lowest BCUT2D eigenvalue weighted by molar-refractivity contribution is 0.423. The van der Waals surface area contributed by atoms with Gasteiger partial charge in [0.15, 0.2) is 16.6 Å². The minimum atomic E-state index is -0.0550. The standard InChI is InChI=1S/C19H16Cl2N8/c1-19(11-2-3-11)10-27(14-9-22-16-7-15(21)26-28(16)17(14)19)12-6-13(20)18(23-8-12)29-24-4-5-25-29/h4-9,11H,2-3,10H2,1H3. The Labute approximate surface area is 176 Å². The summed E-state index contributed by atoms with van der Waals surface area (Å²) in [7, 11) is 0. The van der Waals surface area contributed by atoms with E-state index in [9.17, 15) is 0 Å². The van der Waals surface area contributed by atoms with Crippen molar-refractivity contribution in [3.8, 4) is 5.82 Å². The van der Waals surface area contributed by atoms with E-state index in [0.29, 0.717) is 21.9 Å². The monoisotopic (exact) mass is 426 g/mol. The van der Waals surface area contributed by atoms with Crippen LogP contribution < -0.4 is 4.90 Å². The first-order valence-electron chi connectivity index (χ1n) is 9.39. The van der Waals surface area contributed by atoms with E-state index in [-0.39, 0.29) is 5.41 Å². The summed E-state index contributed by atoms with van der Waals surface area (Å²) < 4.78 is 1.90. The van der Waals surface area contributed by atoms with Crippen molar-refractivity contribution in [2.24, 2.45) is 5.92 Å². The molecular formula is C19H16Cl2N8. The number of hydrogen-bond donors (Lipinski definition) is 0. The molecule has 1 aliphatic heterocycles. The Morgan fingerprint density at radius 3 is 2.59 bits per heavy atom. The van der Waals surface area contributed by atoms with Crippen molar-refractivity contribution < 1.29 is 0 Å². The highest BCUT2D eigenvalue weighted by Crippen LogP contribution is 2.55. The zero-order valence-corrected chi connectivity index (χ0v) is 17.0. The molecule has 146 valence electrons. The van der Waals surface area contributed by atoms with E-state index in [1.54, 1.807) is 24.7 Å². The molecule has 0 N–H and O–H groups in total. The van der Waals surface area contributed by atoms with Gasteiger partial charge >= 0.3 is 0 Å². The second-order valence-electron chi connectivity index (χ2n) is 7.82. The van der Waals surface area contributed by atoms with Gasteiger partial charge in [0, 0.05) is 18.0 Å². The van der Waals surface area contributed by atoms with E-state index in [2.05, 4.69) is 37.1 Å². The van der Waals surface area contributed by atoms with Gasteiger partial charge in [0.25, 0.3) is 0 Å². The van der Waals surface area contributed by atoms with Crippen molar-refractivity contribution in [1.29, 1.82) is 0 Å². The topological polar surface area (TPSA) is 77.0 Å². The third-order valence-electron chi connectivity index (χ3n) is 5.96. The quantitative estimate of drug-likeness (QED) is 0.495. The van der Waals surface area contributed by atoms with Gasteiger partial charge < -0.3 is 4.90 Å². The molecule has 0 spiro atoms. The Hall–Kier alpha value is -2.71. The Morgan fingerprint density at radius 2 is 1.86 bits per heavy atom. The van der Waals surface area contributed by atoms with E-state index in [4.69, 9.17) is 23.2 Å². The summed E-state index contributed by atoms with van der Waals surface area (Å²) in [5, 5.41) is 13.7. The van der Waals surface area contributed by atoms with Crippen LogP contribution >= 0.6 is 23.2 Å². The van der Waals surface area contributed by atoms with E-state index < -0.39 is 0 Å². The van der Waals surface area contributed by atoms with E-state index in [1.807, 2.05) is 16.8 Å². The van der Waals surface area contributed by atoms with Crippen molar-refractivity contribution in [3.63, 3.8) is 0 Å². The lowest BCUT2D eigenvalue weighted by atomic mass is 9.83. The Balaban J connectivity index is 1.51. The molecule has 29 heavy (non-hydrogen) atoms. The number of halogens is 2. The first kappa shape index (κ1) is 17.2. The third-order valence-corrected chi connectivity index (χ3v) is 6.42. The van der Waals surface area contributed by atoms with E-state index >= 15 is 0 Å². The predicted octanol–water partition coefficient (Wildman–Crippen LogP) is 3.83. The first-order chi connectivity index (χ1) is 14.0. The molecule has 4 aromatic rings. The molecule has 5 heterocycles. The van der Waals surface area contributed by atoms with Gasteiger partial charge in [-0.2, -0.15) is 15.3 Å². The molecular weight excluding hydrogens is 411 g/mol. The van der Waals surface area contributed by atoms with E-state index in [0.717, 1.165) is 29.3 Å². The summed E-state index contributed by atoms with van der Waals surface area (Å²) >= 11 is 12.7. The Kier molecular flexibility index (Phi) is 3.49. The fraction of sp³-hybridized carbons (Fsp3) is 0.316. The molecule has 0 saturated heterocycles. The molecule has 6 rings (SSSR count). The summed E-state index contributed by atoms with van der Waals surface area (Å²) in [6.07, 6.45) is 9.31. The van der Waals surface area contributed by atoms with Crippen LogP contribution in [0.25, 0.3) is 11.5 Å². The maximum atomic E-state index is 6.53. The van der Waals surface area contributed by atoms with Crippen LogP contribution in [-0.2, 0) is 5.41 Å². The molecule has 2 aliphatic rings. The predicted molar refractivity (Wildman–Crippen MR) is 109 cm³/mol. The average molecular weight is 427 g/mol. The Morgan fingerprint density at radius 1 is 1.07 bits per heavy atom. The molecule has 1 aliphatic carbocycles. The van der Waals surface area contributed by atoms with Crippen molar-refractivity contribution >= 4 is 40.2 Å². The van der Waals surface area contributed by atoms with Crippen LogP contribution in [0.1, 0.15) is 25.5 Å². The molecule has 10 heteroatoms. The second kappa shape index (κ2) is 5.90. The zero-order valence-electron chi connectivity index (χ0n) is 15.5. The molecule has 1 saturated carbocycles. The van der Waals surface area contributed by atoms with Gasteiger partial charge in [-0.1, -0.05) is 30.1 Å². The molecule has 1 unspecified atom stereocenters. The lowest BCUT2D eigenvalue weighted by Crippen LogP contribution is -2.32. The molecule has 0 bridgehead atoms. The maximum absolute atomic E-state index is 6.53. The zero-order chi connectivity index (χ0) is 19.8. The average Bonchev–Trinajstić information content (AvgIpc) is 3.16. The van der Waals surface area contributed by atoms with Crippen LogP contribution in [0.3, 0.4) is 0 Å². The summed E-state index contributed by atoms with van der Waals surface area (Å²) in [6, 6.07) is 3.69. The van der Waals surface area contributed by atoms with Gasteiger partial charge in [-0.3, -0.25) is 0 Å². The fourth-order valence-corrected chi connectivity index (χ4v) is 4.84. The number of fused-ring (bicyclic) bond motifs is 3. The molecule has 0 radical (unpaired) electrons. The number of nitrogens with zero attached hydrogens (tertiary/aromatic N) is 8. The van der Waals surface area contributed by atoms with Crippen molar-refractivity contribution in [1.82, 2.24) is 34.6 Å². The molecule has 0 aromatic carbocycles. The van der Waals surface area contributed by atoms with Gasteiger partial charge in [-0.05, 0) is 24.8 Å². The highest BCUT2D eigenvalue weighted by atomic mass is 35.5. The summed E-state index contributed by atoms with van der Waals surface area (Å²) in [4.78, 5) is 12.7. The number of pyridine rings is 1. The smallest absolute Gasteiger partial charge is 0.193 e. The number of aromatic nitrogens is 7. The van der Waals surface area contributed by atoms with Crippen LogP contribution in [0.2, 0.25) is 10.2 Å². The van der Waals surface area contributed by atoms with Gasteiger partial charge in [0.1, 0.15) is 0 Å². The fourth-order valence-electron chi connectivity index (χ4n) is 4.43. The molecule has 0 amide bonds. The molecule has 1 atom stereocenters. The van der Waals surface area contributed by atoms with Crippen LogP contribution in [0, 0.1) is 5.92 Å². The highest BCUT2D eigenvalue weighted by molar-refractivity contribution is 6.32. The molecule has 1 fully saturated rings. The van der Waals surface area contributed by atoms with Crippen LogP contribution in [0.5, 0.6) is 0 Å². The number of anilines is 2. The first-order valence-corrected chi connectivity index (χ1v) is 10.1. The summed E-state index contributed by atoms with van der Waals surface area (Å²) in [6.45, 7) is 3.11. The lowest BCUT2D eigenvalue weighted by Gasteiger charge is -2.26. The van der Waals surface area contributed by atoms with Gasteiger partial charge in [0.05, 0.1) is 46.9 Å². The van der Waals surface area contributed by atoms with Crippen molar-refractivity contribution in [2.45, 2.75) is 25.2 Å². The highest BCUT2D eigenvalue weighted by Gasteiger charge is 2.51. The van der Waals surface area contributed by atoms with Crippen molar-refractivity contribution in [3.05, 3.63) is 52.8 Å². The third kappa shape index (κ3) is 2.49. The van der Waals surface area contributed by atoms with Crippen LogP contribution in [0.15, 0.2) is 36.9 Å². The Bertz CT molecular complexity index is 1250. The van der Waals surface area contributed by atoms with Gasteiger partial charge in [-0.25, -0.2) is 14.5 Å². The van der Waals surface area contributed by atoms with E-state index in [1.165, 1.54) is 17.6 Å². The minimum absolute atomic E-state index is 0.0550. The van der Waals surface area contributed by atoms with Crippen LogP contribution in [0.4, 0.5) is 11.4 Å². The second-order valence-corrected chi connectivity index (χ2v) is 8.62. The normalized spacial score (nSPS) is 21.1. The summed E-state index contributed by atoms with van der Waals surface area (Å²) in [5.41, 5.74) is 3.76. The molecule has 8 nitrogen and oxygen atoms in total. The summed E-state index contributed by atoms with van der Waals surface area (Å²) in [5.74, 6) is 1.10. The SMILES string of the molecule is CC1(C2CC2)CN(c2cnc(-n3nccn3)c(Cl)c2)c2cnc3cc(Cl)nn3c21.